The third-order valence-electron chi connectivity index (χ3n) is 1.39. The van der Waals surface area contributed by atoms with Gasteiger partial charge in [0, 0.05) is 6.54 Å². The first-order chi connectivity index (χ1) is 6.56. The van der Waals surface area contributed by atoms with E-state index in [2.05, 4.69) is 5.32 Å². The van der Waals surface area contributed by atoms with Crippen LogP contribution in [0.1, 0.15) is 12.8 Å². The third-order valence-corrected chi connectivity index (χ3v) is 1.39. The molecule has 0 aliphatic heterocycles. The molecule has 0 aliphatic carbocycles. The lowest BCUT2D eigenvalue weighted by Gasteiger charge is -2.06. The van der Waals surface area contributed by atoms with Gasteiger partial charge < -0.3 is 11.1 Å². The largest absolute Gasteiger partial charge is 0.370 e. The maximum Gasteiger partial charge on any atom is 0.228 e. The second-order valence-corrected chi connectivity index (χ2v) is 2.54. The van der Waals surface area contributed by atoms with Gasteiger partial charge in [0.2, 0.25) is 6.29 Å². The van der Waals surface area contributed by atoms with Crippen molar-refractivity contribution < 1.29 is 9.83 Å². The highest BCUT2D eigenvalue weighted by Crippen LogP contribution is 1.92. The lowest BCUT2D eigenvalue weighted by molar-refractivity contribution is -0.547. The molecule has 0 aromatic rings. The first-order valence-electron chi connectivity index (χ1n) is 3.92. The summed E-state index contributed by atoms with van der Waals surface area (Å²) in [5.74, 6) is -0.168. The Balaban J connectivity index is 3.57. The topological polar surface area (TPSA) is 134 Å². The summed E-state index contributed by atoms with van der Waals surface area (Å²) in [6.07, 6.45) is 2.26. The smallest absolute Gasteiger partial charge is 0.228 e. The highest BCUT2D eigenvalue weighted by molar-refractivity contribution is 5.74. The number of nitrogens with zero attached hydrogens (tertiary/aromatic N) is 1. The van der Waals surface area contributed by atoms with Crippen LogP contribution in [0.15, 0.2) is 0 Å². The van der Waals surface area contributed by atoms with Crippen molar-refractivity contribution >= 4 is 12.2 Å². The number of hydrazine groups is 1. The Morgan fingerprint density at radius 3 is 2.79 bits per heavy atom. The molecule has 0 saturated carbocycles. The fraction of sp³-hybridized carbons (Fsp3) is 0.667. The van der Waals surface area contributed by atoms with Gasteiger partial charge in [-0.2, -0.15) is 0 Å². The first kappa shape index (κ1) is 12.1. The summed E-state index contributed by atoms with van der Waals surface area (Å²) in [5, 5.41) is 18.5. The van der Waals surface area contributed by atoms with Crippen LogP contribution in [0, 0.1) is 15.5 Å². The predicted octanol–water partition coefficient (Wildman–Crippen LogP) is -1.49. The molecule has 0 bridgehead atoms. The molecule has 0 aromatic heterocycles. The SMILES string of the molecule is N=C(N)NCCCC([C]=O)N[N+](=O)[O-]. The monoisotopic (exact) mass is 202 g/mol. The van der Waals surface area contributed by atoms with Gasteiger partial charge in [-0.1, -0.05) is 0 Å². The van der Waals surface area contributed by atoms with Crippen LogP contribution in [0.25, 0.3) is 0 Å². The van der Waals surface area contributed by atoms with Crippen molar-refractivity contribution in [2.75, 3.05) is 6.54 Å². The van der Waals surface area contributed by atoms with E-state index in [1.165, 1.54) is 6.29 Å². The Hall–Kier alpha value is -1.86. The van der Waals surface area contributed by atoms with E-state index >= 15 is 0 Å². The molecule has 1 unspecified atom stereocenters. The number of nitrogens with one attached hydrogen (secondary N) is 3. The summed E-state index contributed by atoms with van der Waals surface area (Å²) >= 11 is 0. The van der Waals surface area contributed by atoms with Crippen molar-refractivity contribution in [1.82, 2.24) is 10.7 Å². The van der Waals surface area contributed by atoms with Gasteiger partial charge in [0.15, 0.2) is 17.0 Å². The van der Waals surface area contributed by atoms with Gasteiger partial charge in [-0.15, -0.1) is 5.43 Å². The summed E-state index contributed by atoms with van der Waals surface area (Å²) in [7, 11) is 0. The first-order valence-corrected chi connectivity index (χ1v) is 3.92. The molecule has 5 N–H and O–H groups in total. The van der Waals surface area contributed by atoms with Crippen LogP contribution in [-0.2, 0) is 4.79 Å². The molecule has 0 fully saturated rings. The molecule has 0 aromatic carbocycles. The van der Waals surface area contributed by atoms with E-state index in [4.69, 9.17) is 11.1 Å². The van der Waals surface area contributed by atoms with Crippen LogP contribution in [0.3, 0.4) is 0 Å². The van der Waals surface area contributed by atoms with Gasteiger partial charge in [-0.25, -0.2) is 10.1 Å². The summed E-state index contributed by atoms with van der Waals surface area (Å²) in [6, 6.07) is -0.918. The Morgan fingerprint density at radius 1 is 1.71 bits per heavy atom. The Morgan fingerprint density at radius 2 is 2.36 bits per heavy atom. The lowest BCUT2D eigenvalue weighted by Crippen LogP contribution is -2.36. The highest BCUT2D eigenvalue weighted by atomic mass is 16.7. The van der Waals surface area contributed by atoms with Gasteiger partial charge in [-0.05, 0) is 12.8 Å². The normalized spacial score (nSPS) is 11.4. The van der Waals surface area contributed by atoms with E-state index in [-0.39, 0.29) is 12.4 Å². The minimum Gasteiger partial charge on any atom is -0.370 e. The summed E-state index contributed by atoms with van der Waals surface area (Å²) < 4.78 is 0. The molecule has 1 radical (unpaired) electrons. The van der Waals surface area contributed by atoms with Crippen LogP contribution in [0.5, 0.6) is 0 Å². The van der Waals surface area contributed by atoms with Crippen molar-refractivity contribution in [3.63, 3.8) is 0 Å². The Labute approximate surface area is 80.5 Å². The van der Waals surface area contributed by atoms with E-state index < -0.39 is 11.1 Å². The summed E-state index contributed by atoms with van der Waals surface area (Å²) in [5.41, 5.74) is 6.80. The number of hydrogen-bond acceptors (Lipinski definition) is 4. The van der Waals surface area contributed by atoms with Crippen molar-refractivity contribution in [2.24, 2.45) is 5.73 Å². The molecule has 14 heavy (non-hydrogen) atoms. The van der Waals surface area contributed by atoms with E-state index in [9.17, 15) is 14.9 Å². The fourth-order valence-electron chi connectivity index (χ4n) is 0.806. The molecule has 0 amide bonds. The van der Waals surface area contributed by atoms with Crippen molar-refractivity contribution in [3.8, 4) is 0 Å². The third kappa shape index (κ3) is 6.83. The molecule has 0 heterocycles. The minimum atomic E-state index is -0.918. The number of nitrogens with two attached hydrogens (primary N) is 1. The van der Waals surface area contributed by atoms with Gasteiger partial charge in [-0.3, -0.25) is 10.2 Å². The van der Waals surface area contributed by atoms with Crippen LogP contribution in [0.4, 0.5) is 0 Å². The van der Waals surface area contributed by atoms with Crippen molar-refractivity contribution in [1.29, 1.82) is 5.41 Å². The van der Waals surface area contributed by atoms with Crippen molar-refractivity contribution in [3.05, 3.63) is 10.1 Å². The van der Waals surface area contributed by atoms with E-state index in [1.807, 2.05) is 0 Å². The lowest BCUT2D eigenvalue weighted by atomic mass is 10.2. The molecule has 0 rings (SSSR count). The Kier molecular flexibility index (Phi) is 5.75. The zero-order valence-corrected chi connectivity index (χ0v) is 7.45. The van der Waals surface area contributed by atoms with Crippen LogP contribution < -0.4 is 16.5 Å². The maximum absolute atomic E-state index is 10.2. The number of hydrogen-bond donors (Lipinski definition) is 4. The second kappa shape index (κ2) is 6.63. The van der Waals surface area contributed by atoms with E-state index in [1.54, 1.807) is 5.43 Å². The number of rotatable bonds is 7. The molecular weight excluding hydrogens is 190 g/mol. The Bertz CT molecular complexity index is 220. The zero-order valence-electron chi connectivity index (χ0n) is 7.45. The predicted molar refractivity (Wildman–Crippen MR) is 48.8 cm³/mol. The quantitative estimate of drug-likeness (QED) is 0.131. The van der Waals surface area contributed by atoms with Crippen LogP contribution >= 0.6 is 0 Å². The van der Waals surface area contributed by atoms with Gasteiger partial charge in [0.05, 0.1) is 0 Å². The number of guanidine groups is 1. The van der Waals surface area contributed by atoms with Crippen LogP contribution in [0.2, 0.25) is 0 Å². The van der Waals surface area contributed by atoms with Crippen molar-refractivity contribution in [2.45, 2.75) is 18.9 Å². The second-order valence-electron chi connectivity index (χ2n) is 2.54. The fourth-order valence-corrected chi connectivity index (χ4v) is 0.806. The summed E-state index contributed by atoms with van der Waals surface area (Å²) in [6.45, 7) is 0.396. The highest BCUT2D eigenvalue weighted by Gasteiger charge is 2.12. The van der Waals surface area contributed by atoms with E-state index in [0.717, 1.165) is 0 Å². The molecular formula is C6H12N5O3. The summed E-state index contributed by atoms with van der Waals surface area (Å²) in [4.78, 5) is 20.1. The number of carbonyl (C=O) groups excluding carboxylic acids is 1. The molecule has 0 aliphatic rings. The molecule has 8 heteroatoms. The number of nitro groups is 1. The van der Waals surface area contributed by atoms with Crippen LogP contribution in [-0.4, -0.2) is 29.9 Å². The van der Waals surface area contributed by atoms with E-state index in [0.29, 0.717) is 13.0 Å². The van der Waals surface area contributed by atoms with Gasteiger partial charge in [0.1, 0.15) is 0 Å². The molecule has 8 nitrogen and oxygen atoms in total. The zero-order chi connectivity index (χ0) is 11.0. The standard InChI is InChI=1S/C6H12N5O3/c7-6(8)9-3-1-2-5(4-12)10-11(13)14/h5,10H,1-3H2,(H4,7,8,9). The molecule has 79 valence electrons. The van der Waals surface area contributed by atoms with Gasteiger partial charge in [0.25, 0.3) is 0 Å². The molecule has 0 spiro atoms. The van der Waals surface area contributed by atoms with Gasteiger partial charge >= 0.3 is 0 Å². The maximum atomic E-state index is 10.2. The average molecular weight is 202 g/mol. The molecule has 0 saturated heterocycles. The minimum absolute atomic E-state index is 0.168. The average Bonchev–Trinajstić information content (AvgIpc) is 2.09. The molecule has 1 atom stereocenters.